The minimum absolute atomic E-state index is 0.0361. The van der Waals surface area contributed by atoms with Gasteiger partial charge in [0.2, 0.25) is 0 Å². The van der Waals surface area contributed by atoms with Crippen molar-refractivity contribution < 1.29 is 18.9 Å². The number of hydrogen-bond donors (Lipinski definition) is 1. The third-order valence-corrected chi connectivity index (χ3v) is 7.84. The molecule has 158 valence electrons. The van der Waals surface area contributed by atoms with Crippen molar-refractivity contribution in [2.24, 2.45) is 5.11 Å². The second kappa shape index (κ2) is 8.29. The van der Waals surface area contributed by atoms with E-state index in [1.165, 1.54) is 7.11 Å². The molecule has 2 aliphatic rings. The Morgan fingerprint density at radius 1 is 1.33 bits per heavy atom. The number of methoxy groups -OCH3 is 1. The van der Waals surface area contributed by atoms with E-state index in [2.05, 4.69) is 43.6 Å². The monoisotopic (exact) mass is 512 g/mol. The summed E-state index contributed by atoms with van der Waals surface area (Å²) in [6.07, 6.45) is 1.40. The standard InChI is InChI=1S/C19H18BrClN4O4S/c1-26-19(20)16(30)29-17(21)11-27-14(12-6-3-2-4-7-12)28-15(17)18(19,24-25-22)13-8-5-9-23-10-13/h2-10,14-16,30H,11H2,1H3/t14?,15-,16+,17-,18?,19-/m0/s1. The van der Waals surface area contributed by atoms with Crippen molar-refractivity contribution in [3.8, 4) is 0 Å². The maximum Gasteiger partial charge on any atom is 0.193 e. The van der Waals surface area contributed by atoms with Crippen molar-refractivity contribution in [3.05, 3.63) is 76.4 Å². The Balaban J connectivity index is 1.93. The number of hydrogen-bond acceptors (Lipinski definition) is 7. The van der Waals surface area contributed by atoms with Crippen molar-refractivity contribution in [1.82, 2.24) is 4.98 Å². The summed E-state index contributed by atoms with van der Waals surface area (Å²) in [7, 11) is 1.45. The van der Waals surface area contributed by atoms with Crippen LogP contribution in [0.2, 0.25) is 0 Å². The number of azide groups is 1. The molecule has 1 aromatic carbocycles. The van der Waals surface area contributed by atoms with Crippen molar-refractivity contribution in [2.45, 2.75) is 32.9 Å². The van der Waals surface area contributed by atoms with E-state index < -0.39 is 32.9 Å². The van der Waals surface area contributed by atoms with Crippen LogP contribution < -0.4 is 0 Å². The first-order valence-corrected chi connectivity index (χ1v) is 10.7. The fraction of sp³-hybridized carbons (Fsp3) is 0.421. The van der Waals surface area contributed by atoms with E-state index in [1.807, 2.05) is 30.3 Å². The van der Waals surface area contributed by atoms with Crippen molar-refractivity contribution in [3.63, 3.8) is 0 Å². The Hall–Kier alpha value is -1.36. The molecule has 2 aliphatic heterocycles. The van der Waals surface area contributed by atoms with Gasteiger partial charge in [-0.25, -0.2) is 0 Å². The molecule has 0 aliphatic carbocycles. The first-order chi connectivity index (χ1) is 14.4. The number of alkyl halides is 2. The molecule has 11 heteroatoms. The Morgan fingerprint density at radius 3 is 2.73 bits per heavy atom. The summed E-state index contributed by atoms with van der Waals surface area (Å²) in [6, 6.07) is 12.9. The summed E-state index contributed by atoms with van der Waals surface area (Å²) in [5.41, 5.74) is 8.41. The molecule has 2 unspecified atom stereocenters. The average Bonchev–Trinajstić information content (AvgIpc) is 2.78. The first-order valence-electron chi connectivity index (χ1n) is 8.99. The summed E-state index contributed by atoms with van der Waals surface area (Å²) < 4.78 is 22.6. The summed E-state index contributed by atoms with van der Waals surface area (Å²) in [6.45, 7) is -0.0361. The summed E-state index contributed by atoms with van der Waals surface area (Å²) in [5.74, 6) is 0. The van der Waals surface area contributed by atoms with Gasteiger partial charge in [0.25, 0.3) is 0 Å². The lowest BCUT2D eigenvalue weighted by Gasteiger charge is -2.60. The van der Waals surface area contributed by atoms with Crippen molar-refractivity contribution in [1.29, 1.82) is 0 Å². The highest BCUT2D eigenvalue weighted by molar-refractivity contribution is 9.10. The Kier molecular flexibility index (Phi) is 6.04. The van der Waals surface area contributed by atoms with Gasteiger partial charge in [0.1, 0.15) is 17.1 Å². The number of aromatic nitrogens is 1. The van der Waals surface area contributed by atoms with E-state index >= 15 is 0 Å². The normalized spacial score (nSPS) is 38.3. The molecule has 6 atom stereocenters. The molecule has 2 fully saturated rings. The number of benzene rings is 1. The van der Waals surface area contributed by atoms with Crippen molar-refractivity contribution >= 4 is 40.2 Å². The minimum atomic E-state index is -1.53. The van der Waals surface area contributed by atoms with Crippen LogP contribution in [0.5, 0.6) is 0 Å². The molecule has 0 spiro atoms. The highest BCUT2D eigenvalue weighted by Gasteiger charge is 2.72. The largest absolute Gasteiger partial charge is 0.362 e. The molecule has 30 heavy (non-hydrogen) atoms. The average molecular weight is 514 g/mol. The van der Waals surface area contributed by atoms with E-state index in [4.69, 9.17) is 30.5 Å². The van der Waals surface area contributed by atoms with Crippen LogP contribution in [0.1, 0.15) is 17.4 Å². The quantitative estimate of drug-likeness (QED) is 0.211. The Bertz CT molecular complexity index is 956. The molecule has 8 nitrogen and oxygen atoms in total. The molecule has 1 aromatic heterocycles. The smallest absolute Gasteiger partial charge is 0.193 e. The zero-order chi connectivity index (χ0) is 21.4. The second-order valence-corrected chi connectivity index (χ2v) is 9.16. The van der Waals surface area contributed by atoms with Crippen LogP contribution in [0, 0.1) is 0 Å². The number of rotatable bonds is 4. The van der Waals surface area contributed by atoms with Gasteiger partial charge in [-0.2, -0.15) is 0 Å². The third-order valence-electron chi connectivity index (χ3n) is 5.28. The third kappa shape index (κ3) is 3.23. The van der Waals surface area contributed by atoms with Crippen molar-refractivity contribution in [2.75, 3.05) is 13.7 Å². The van der Waals surface area contributed by atoms with Gasteiger partial charge >= 0.3 is 0 Å². The van der Waals surface area contributed by atoms with Gasteiger partial charge in [-0.3, -0.25) is 4.98 Å². The molecular formula is C19H18BrClN4O4S. The van der Waals surface area contributed by atoms with E-state index in [-0.39, 0.29) is 6.61 Å². The number of nitrogens with zero attached hydrogens (tertiary/aromatic N) is 4. The molecule has 0 amide bonds. The van der Waals surface area contributed by atoms with Gasteiger partial charge in [-0.1, -0.05) is 53.1 Å². The molecule has 0 N–H and O–H groups in total. The highest BCUT2D eigenvalue weighted by Crippen LogP contribution is 2.60. The fourth-order valence-corrected chi connectivity index (χ4v) is 5.41. The zero-order valence-electron chi connectivity index (χ0n) is 15.8. The van der Waals surface area contributed by atoms with Crippen LogP contribution in [0.3, 0.4) is 0 Å². The molecule has 0 saturated carbocycles. The maximum absolute atomic E-state index is 9.58. The Morgan fingerprint density at radius 2 is 2.10 bits per heavy atom. The number of halogens is 2. The zero-order valence-corrected chi connectivity index (χ0v) is 19.0. The fourth-order valence-electron chi connectivity index (χ4n) is 3.89. The second-order valence-electron chi connectivity index (χ2n) is 6.87. The van der Waals surface area contributed by atoms with Gasteiger partial charge in [-0.05, 0) is 33.1 Å². The summed E-state index contributed by atoms with van der Waals surface area (Å²) in [4.78, 5) is 7.32. The SMILES string of the molecule is CO[C@@]1(Br)[C@@H](S)O[C@@]2(Cl)COC(c3ccccc3)O[C@@H]2C1(N=[N+]=[N-])c1cccnc1. The van der Waals surface area contributed by atoms with Gasteiger partial charge in [0.05, 0.1) is 6.61 Å². The van der Waals surface area contributed by atoms with Gasteiger partial charge < -0.3 is 18.9 Å². The topological polar surface area (TPSA) is 98.6 Å². The van der Waals surface area contributed by atoms with Crippen LogP contribution in [0.25, 0.3) is 10.4 Å². The molecule has 2 aromatic rings. The van der Waals surface area contributed by atoms with Crippen LogP contribution >= 0.6 is 40.2 Å². The predicted octanol–water partition coefficient (Wildman–Crippen LogP) is 4.66. The van der Waals surface area contributed by atoms with E-state index in [0.717, 1.165) is 5.56 Å². The molecule has 3 heterocycles. The number of thiol groups is 1. The van der Waals surface area contributed by atoms with Crippen LogP contribution in [-0.4, -0.2) is 39.8 Å². The maximum atomic E-state index is 9.58. The Labute approximate surface area is 192 Å². The van der Waals surface area contributed by atoms with E-state index in [0.29, 0.717) is 5.56 Å². The van der Waals surface area contributed by atoms with Gasteiger partial charge in [0, 0.05) is 30.0 Å². The number of pyridine rings is 1. The first kappa shape index (κ1) is 21.9. The lowest BCUT2D eigenvalue weighted by Crippen LogP contribution is -2.73. The molecule has 2 saturated heterocycles. The van der Waals surface area contributed by atoms with Crippen LogP contribution in [0.4, 0.5) is 0 Å². The van der Waals surface area contributed by atoms with E-state index in [9.17, 15) is 5.53 Å². The van der Waals surface area contributed by atoms with Crippen LogP contribution in [-0.2, 0) is 24.5 Å². The molecule has 0 bridgehead atoms. The number of fused-ring (bicyclic) bond motifs is 1. The molecular weight excluding hydrogens is 496 g/mol. The summed E-state index contributed by atoms with van der Waals surface area (Å²) in [5, 5.41) is 2.69. The molecule has 4 rings (SSSR count). The highest BCUT2D eigenvalue weighted by atomic mass is 79.9. The summed E-state index contributed by atoms with van der Waals surface area (Å²) >= 11 is 15.0. The molecule has 0 radical (unpaired) electrons. The number of ether oxygens (including phenoxy) is 4. The van der Waals surface area contributed by atoms with Crippen LogP contribution in [0.15, 0.2) is 60.0 Å². The lowest BCUT2D eigenvalue weighted by atomic mass is 9.76. The van der Waals surface area contributed by atoms with Gasteiger partial charge in [-0.15, -0.1) is 12.6 Å². The predicted molar refractivity (Wildman–Crippen MR) is 116 cm³/mol. The lowest BCUT2D eigenvalue weighted by molar-refractivity contribution is -0.336. The van der Waals surface area contributed by atoms with Gasteiger partial charge in [0.15, 0.2) is 15.9 Å². The minimum Gasteiger partial charge on any atom is -0.362 e. The van der Waals surface area contributed by atoms with E-state index in [1.54, 1.807) is 24.5 Å².